The third-order valence-corrected chi connectivity index (χ3v) is 3.70. The van der Waals surface area contributed by atoms with E-state index in [0.717, 1.165) is 19.5 Å². The third-order valence-electron chi connectivity index (χ3n) is 3.70. The Hall–Kier alpha value is -0.160. The highest BCUT2D eigenvalue weighted by molar-refractivity contribution is 4.71. The number of hydrogen-bond donors (Lipinski definition) is 1. The lowest BCUT2D eigenvalue weighted by atomic mass is 10.2. The molecule has 1 heterocycles. The van der Waals surface area contributed by atoms with Crippen LogP contribution in [0.4, 0.5) is 0 Å². The highest BCUT2D eigenvalue weighted by atomic mass is 15.3. The van der Waals surface area contributed by atoms with Gasteiger partial charge in [0.25, 0.3) is 0 Å². The minimum Gasteiger partial charge on any atom is -0.330 e. The molecule has 16 heavy (non-hydrogen) atoms. The fourth-order valence-corrected chi connectivity index (χ4v) is 2.05. The standard InChI is InChI=1S/C12H28N4/c1-12(4-5-13)15(3)8-11-16-9-6-14(2)7-10-16/h12H,4-11,13H2,1-3H3. The van der Waals surface area contributed by atoms with E-state index in [1.54, 1.807) is 0 Å². The number of nitrogens with zero attached hydrogens (tertiary/aromatic N) is 3. The summed E-state index contributed by atoms with van der Waals surface area (Å²) in [5, 5.41) is 0. The van der Waals surface area contributed by atoms with Crippen LogP contribution in [0.2, 0.25) is 0 Å². The smallest absolute Gasteiger partial charge is 0.0110 e. The Balaban J connectivity index is 2.13. The summed E-state index contributed by atoms with van der Waals surface area (Å²) < 4.78 is 0. The molecule has 0 aromatic carbocycles. The van der Waals surface area contributed by atoms with Crippen molar-refractivity contribution in [3.63, 3.8) is 0 Å². The molecular formula is C12H28N4. The highest BCUT2D eigenvalue weighted by Gasteiger charge is 2.15. The van der Waals surface area contributed by atoms with Crippen molar-refractivity contribution in [3.05, 3.63) is 0 Å². The predicted octanol–water partition coefficient (Wildman–Crippen LogP) is -0.0971. The third kappa shape index (κ3) is 4.78. The number of rotatable bonds is 6. The molecule has 4 heteroatoms. The molecule has 0 bridgehead atoms. The molecule has 4 nitrogen and oxygen atoms in total. The molecular weight excluding hydrogens is 200 g/mol. The van der Waals surface area contributed by atoms with Gasteiger partial charge >= 0.3 is 0 Å². The van der Waals surface area contributed by atoms with E-state index in [9.17, 15) is 0 Å². The van der Waals surface area contributed by atoms with Gasteiger partial charge in [-0.1, -0.05) is 0 Å². The van der Waals surface area contributed by atoms with E-state index in [4.69, 9.17) is 5.73 Å². The van der Waals surface area contributed by atoms with Gasteiger partial charge in [0.15, 0.2) is 0 Å². The van der Waals surface area contributed by atoms with Gasteiger partial charge in [-0.15, -0.1) is 0 Å². The zero-order valence-electron chi connectivity index (χ0n) is 11.2. The first kappa shape index (κ1) is 13.9. The van der Waals surface area contributed by atoms with E-state index < -0.39 is 0 Å². The lowest BCUT2D eigenvalue weighted by Crippen LogP contribution is -2.47. The molecule has 0 radical (unpaired) electrons. The normalized spacial score (nSPS) is 21.6. The maximum Gasteiger partial charge on any atom is 0.0110 e. The van der Waals surface area contributed by atoms with Gasteiger partial charge in [0, 0.05) is 45.3 Å². The first-order valence-electron chi connectivity index (χ1n) is 6.44. The average molecular weight is 228 g/mol. The summed E-state index contributed by atoms with van der Waals surface area (Å²) in [6, 6.07) is 0.609. The molecule has 0 aliphatic carbocycles. The van der Waals surface area contributed by atoms with Crippen LogP contribution < -0.4 is 5.73 Å². The zero-order valence-corrected chi connectivity index (χ0v) is 11.2. The first-order valence-corrected chi connectivity index (χ1v) is 6.44. The molecule has 0 amide bonds. The Kier molecular flexibility index (Phi) is 6.28. The molecule has 0 aromatic rings. The highest BCUT2D eigenvalue weighted by Crippen LogP contribution is 2.02. The van der Waals surface area contributed by atoms with E-state index in [-0.39, 0.29) is 0 Å². The van der Waals surface area contributed by atoms with Crippen molar-refractivity contribution in [1.82, 2.24) is 14.7 Å². The zero-order chi connectivity index (χ0) is 12.0. The van der Waals surface area contributed by atoms with Crippen LogP contribution in [0.25, 0.3) is 0 Å². The van der Waals surface area contributed by atoms with Crippen molar-refractivity contribution in [2.24, 2.45) is 5.73 Å². The van der Waals surface area contributed by atoms with E-state index in [0.29, 0.717) is 6.04 Å². The Labute approximate surface area is 100 Å². The summed E-state index contributed by atoms with van der Waals surface area (Å²) in [6.45, 7) is 10.3. The second kappa shape index (κ2) is 7.22. The summed E-state index contributed by atoms with van der Waals surface area (Å²) in [4.78, 5) is 7.38. The van der Waals surface area contributed by atoms with Gasteiger partial charge in [0.1, 0.15) is 0 Å². The van der Waals surface area contributed by atoms with Gasteiger partial charge < -0.3 is 15.5 Å². The van der Waals surface area contributed by atoms with Crippen LogP contribution in [0.3, 0.4) is 0 Å². The van der Waals surface area contributed by atoms with Crippen LogP contribution >= 0.6 is 0 Å². The van der Waals surface area contributed by atoms with Crippen molar-refractivity contribution in [2.45, 2.75) is 19.4 Å². The van der Waals surface area contributed by atoms with Crippen molar-refractivity contribution in [2.75, 3.05) is 59.9 Å². The monoisotopic (exact) mass is 228 g/mol. The van der Waals surface area contributed by atoms with Crippen LogP contribution in [0, 0.1) is 0 Å². The Morgan fingerprint density at radius 2 is 1.88 bits per heavy atom. The number of hydrogen-bond acceptors (Lipinski definition) is 4. The topological polar surface area (TPSA) is 35.7 Å². The molecule has 1 rings (SSSR count). The molecule has 96 valence electrons. The first-order chi connectivity index (χ1) is 7.63. The molecule has 1 aliphatic rings. The number of nitrogens with two attached hydrogens (primary N) is 1. The van der Waals surface area contributed by atoms with Crippen LogP contribution in [0.5, 0.6) is 0 Å². The molecule has 1 unspecified atom stereocenters. The predicted molar refractivity (Wildman–Crippen MR) is 69.7 cm³/mol. The van der Waals surface area contributed by atoms with Crippen molar-refractivity contribution in [1.29, 1.82) is 0 Å². The fourth-order valence-electron chi connectivity index (χ4n) is 2.05. The summed E-state index contributed by atoms with van der Waals surface area (Å²) in [7, 11) is 4.41. The molecule has 0 spiro atoms. The second-order valence-electron chi connectivity index (χ2n) is 5.05. The number of likely N-dealkylation sites (N-methyl/N-ethyl adjacent to an activating group) is 2. The van der Waals surface area contributed by atoms with E-state index in [1.807, 2.05) is 0 Å². The van der Waals surface area contributed by atoms with Crippen LogP contribution in [-0.4, -0.2) is 80.7 Å². The molecule has 2 N–H and O–H groups in total. The van der Waals surface area contributed by atoms with E-state index in [1.165, 1.54) is 32.7 Å². The molecule has 0 saturated carbocycles. The van der Waals surface area contributed by atoms with Gasteiger partial charge in [-0.3, -0.25) is 4.90 Å². The fraction of sp³-hybridized carbons (Fsp3) is 1.00. The molecule has 1 aliphatic heterocycles. The molecule has 1 fully saturated rings. The summed E-state index contributed by atoms with van der Waals surface area (Å²) in [5.74, 6) is 0. The van der Waals surface area contributed by atoms with Gasteiger partial charge in [0.05, 0.1) is 0 Å². The molecule has 0 aromatic heterocycles. The second-order valence-corrected chi connectivity index (χ2v) is 5.05. The average Bonchev–Trinajstić information content (AvgIpc) is 2.28. The Morgan fingerprint density at radius 3 is 2.44 bits per heavy atom. The van der Waals surface area contributed by atoms with Crippen molar-refractivity contribution < 1.29 is 0 Å². The van der Waals surface area contributed by atoms with Gasteiger partial charge in [-0.05, 0) is 34.0 Å². The summed E-state index contributed by atoms with van der Waals surface area (Å²) in [5.41, 5.74) is 5.58. The minimum atomic E-state index is 0.609. The number of piperazine rings is 1. The van der Waals surface area contributed by atoms with Crippen LogP contribution in [-0.2, 0) is 0 Å². The minimum absolute atomic E-state index is 0.609. The lowest BCUT2D eigenvalue weighted by Gasteiger charge is -2.34. The maximum atomic E-state index is 5.58. The van der Waals surface area contributed by atoms with Gasteiger partial charge in [-0.25, -0.2) is 0 Å². The van der Waals surface area contributed by atoms with Crippen molar-refractivity contribution in [3.8, 4) is 0 Å². The SMILES string of the molecule is CC(CCN)N(C)CCN1CCN(C)CC1. The van der Waals surface area contributed by atoms with Gasteiger partial charge in [-0.2, -0.15) is 0 Å². The van der Waals surface area contributed by atoms with Crippen molar-refractivity contribution >= 4 is 0 Å². The Bertz CT molecular complexity index is 176. The van der Waals surface area contributed by atoms with Crippen LogP contribution in [0.15, 0.2) is 0 Å². The molecule has 1 saturated heterocycles. The van der Waals surface area contributed by atoms with E-state index in [2.05, 4.69) is 35.7 Å². The maximum absolute atomic E-state index is 5.58. The van der Waals surface area contributed by atoms with Gasteiger partial charge in [0.2, 0.25) is 0 Å². The molecule has 1 atom stereocenters. The summed E-state index contributed by atoms with van der Waals surface area (Å²) >= 11 is 0. The lowest BCUT2D eigenvalue weighted by molar-refractivity contribution is 0.131. The summed E-state index contributed by atoms with van der Waals surface area (Å²) in [6.07, 6.45) is 1.10. The largest absolute Gasteiger partial charge is 0.330 e. The Morgan fingerprint density at radius 1 is 1.25 bits per heavy atom. The van der Waals surface area contributed by atoms with Crippen LogP contribution in [0.1, 0.15) is 13.3 Å². The van der Waals surface area contributed by atoms with E-state index >= 15 is 0 Å². The quantitative estimate of drug-likeness (QED) is 0.689.